The molecule has 3 rings (SSSR count). The monoisotopic (exact) mass is 443 g/mol. The molecule has 31 heavy (non-hydrogen) atoms. The lowest BCUT2D eigenvalue weighted by molar-refractivity contribution is -0.142. The van der Waals surface area contributed by atoms with E-state index in [2.05, 4.69) is 5.32 Å². The smallest absolute Gasteiger partial charge is 0.243 e. The molecule has 8 heteroatoms. The van der Waals surface area contributed by atoms with Crippen LogP contribution in [0.2, 0.25) is 0 Å². The summed E-state index contributed by atoms with van der Waals surface area (Å²) in [5, 5.41) is 2.63. The number of hydrogen-bond donors (Lipinski definition) is 1. The Balaban J connectivity index is 1.87. The van der Waals surface area contributed by atoms with Crippen LogP contribution < -0.4 is 5.32 Å². The van der Waals surface area contributed by atoms with Crippen LogP contribution in [0, 0.1) is 0 Å². The third kappa shape index (κ3) is 5.14. The molecule has 7 nitrogen and oxygen atoms in total. The first kappa shape index (κ1) is 23.0. The largest absolute Gasteiger partial charge is 0.357 e. The van der Waals surface area contributed by atoms with Crippen LogP contribution in [0.4, 0.5) is 0 Å². The first-order valence-electron chi connectivity index (χ1n) is 10.5. The maximum absolute atomic E-state index is 13.5. The minimum absolute atomic E-state index is 0.171. The molecule has 0 spiro atoms. The fourth-order valence-corrected chi connectivity index (χ4v) is 5.64. The Hall–Kier alpha value is -2.71. The van der Waals surface area contributed by atoms with Gasteiger partial charge in [0.15, 0.2) is 0 Å². The molecule has 1 N–H and O–H groups in total. The third-order valence-electron chi connectivity index (χ3n) is 5.72. The predicted molar refractivity (Wildman–Crippen MR) is 119 cm³/mol. The maximum atomic E-state index is 13.5. The Kier molecular flexibility index (Phi) is 7.46. The topological polar surface area (TPSA) is 86.8 Å². The van der Waals surface area contributed by atoms with E-state index in [4.69, 9.17) is 0 Å². The molecule has 1 aliphatic heterocycles. The standard InChI is InChI=1S/C23H29N3O4S/c1-24-22(27)21(17-18-11-5-3-6-12-18)25(2)23(28)20-15-9-10-16-26(20)31(29,30)19-13-7-4-8-14-19/h3-8,11-14,20-21H,9-10,15-17H2,1-2H3,(H,24,27)/t20-,21-/m0/s1. The van der Waals surface area contributed by atoms with Gasteiger partial charge in [0.25, 0.3) is 0 Å². The van der Waals surface area contributed by atoms with Gasteiger partial charge in [0.2, 0.25) is 21.8 Å². The molecule has 0 aliphatic carbocycles. The number of amides is 2. The van der Waals surface area contributed by atoms with Gasteiger partial charge in [0, 0.05) is 27.1 Å². The second kappa shape index (κ2) is 10.1. The first-order valence-corrected chi connectivity index (χ1v) is 11.9. The van der Waals surface area contributed by atoms with Gasteiger partial charge in [-0.2, -0.15) is 4.31 Å². The van der Waals surface area contributed by atoms with Crippen LogP contribution in [-0.2, 0) is 26.0 Å². The summed E-state index contributed by atoms with van der Waals surface area (Å²) in [6.45, 7) is 0.283. The van der Waals surface area contributed by atoms with Crippen molar-refractivity contribution in [2.75, 3.05) is 20.6 Å². The molecule has 2 aromatic rings. The van der Waals surface area contributed by atoms with Gasteiger partial charge < -0.3 is 10.2 Å². The van der Waals surface area contributed by atoms with Crippen LogP contribution in [-0.4, -0.2) is 62.2 Å². The molecule has 0 bridgehead atoms. The number of nitrogens with one attached hydrogen (secondary N) is 1. The number of carbonyl (C=O) groups excluding carboxylic acids is 2. The van der Waals surface area contributed by atoms with Crippen molar-refractivity contribution in [2.45, 2.75) is 42.7 Å². The Morgan fingerprint density at radius 2 is 1.68 bits per heavy atom. The Morgan fingerprint density at radius 3 is 2.29 bits per heavy atom. The second-order valence-electron chi connectivity index (χ2n) is 7.71. The Bertz CT molecular complexity index is 996. The summed E-state index contributed by atoms with van der Waals surface area (Å²) in [7, 11) is -0.705. The lowest BCUT2D eigenvalue weighted by Crippen LogP contribution is -2.56. The number of likely N-dealkylation sites (N-methyl/N-ethyl adjacent to an activating group) is 2. The highest BCUT2D eigenvalue weighted by Gasteiger charge is 2.40. The van der Waals surface area contributed by atoms with E-state index >= 15 is 0 Å². The molecule has 1 saturated heterocycles. The number of benzene rings is 2. The van der Waals surface area contributed by atoms with E-state index in [1.807, 2.05) is 30.3 Å². The summed E-state index contributed by atoms with van der Waals surface area (Å²) in [5.41, 5.74) is 0.924. The van der Waals surface area contributed by atoms with Gasteiger partial charge in [0.05, 0.1) is 4.90 Å². The summed E-state index contributed by atoms with van der Waals surface area (Å²) >= 11 is 0. The lowest BCUT2D eigenvalue weighted by Gasteiger charge is -2.37. The molecule has 2 atom stereocenters. The summed E-state index contributed by atoms with van der Waals surface area (Å²) in [6, 6.07) is 16.1. The van der Waals surface area contributed by atoms with E-state index in [-0.39, 0.29) is 23.3 Å². The van der Waals surface area contributed by atoms with Gasteiger partial charge >= 0.3 is 0 Å². The second-order valence-corrected chi connectivity index (χ2v) is 9.60. The maximum Gasteiger partial charge on any atom is 0.243 e. The van der Waals surface area contributed by atoms with Crippen LogP contribution in [0.15, 0.2) is 65.6 Å². The number of sulfonamides is 1. The molecular formula is C23H29N3O4S. The molecule has 2 amide bonds. The van der Waals surface area contributed by atoms with Crippen molar-refractivity contribution in [1.29, 1.82) is 0 Å². The number of rotatable bonds is 7. The van der Waals surface area contributed by atoms with Gasteiger partial charge in [-0.1, -0.05) is 55.0 Å². The van der Waals surface area contributed by atoms with Crippen molar-refractivity contribution in [2.24, 2.45) is 0 Å². The third-order valence-corrected chi connectivity index (χ3v) is 7.65. The van der Waals surface area contributed by atoms with Crippen LogP contribution in [0.1, 0.15) is 24.8 Å². The summed E-state index contributed by atoms with van der Waals surface area (Å²) < 4.78 is 27.8. The summed E-state index contributed by atoms with van der Waals surface area (Å²) in [6.07, 6.45) is 2.23. The zero-order valence-corrected chi connectivity index (χ0v) is 18.7. The van der Waals surface area contributed by atoms with Crippen molar-refractivity contribution < 1.29 is 18.0 Å². The quantitative estimate of drug-likeness (QED) is 0.710. The summed E-state index contributed by atoms with van der Waals surface area (Å²) in [4.78, 5) is 27.7. The van der Waals surface area contributed by atoms with E-state index in [0.717, 1.165) is 12.0 Å². The van der Waals surface area contributed by atoms with Crippen molar-refractivity contribution in [3.8, 4) is 0 Å². The zero-order chi connectivity index (χ0) is 22.4. The number of carbonyl (C=O) groups is 2. The van der Waals surface area contributed by atoms with E-state index < -0.39 is 22.1 Å². The normalized spacial score (nSPS) is 18.2. The highest BCUT2D eigenvalue weighted by molar-refractivity contribution is 7.89. The van der Waals surface area contributed by atoms with Crippen LogP contribution in [0.5, 0.6) is 0 Å². The van der Waals surface area contributed by atoms with Gasteiger partial charge in [0.1, 0.15) is 12.1 Å². The molecule has 0 unspecified atom stereocenters. The van der Waals surface area contributed by atoms with E-state index in [9.17, 15) is 18.0 Å². The van der Waals surface area contributed by atoms with Gasteiger partial charge in [-0.05, 0) is 30.5 Å². The first-order chi connectivity index (χ1) is 14.9. The molecule has 166 valence electrons. The predicted octanol–water partition coefficient (Wildman–Crippen LogP) is 2.05. The van der Waals surface area contributed by atoms with Crippen LogP contribution in [0.3, 0.4) is 0 Å². The highest BCUT2D eigenvalue weighted by atomic mass is 32.2. The minimum atomic E-state index is -3.81. The molecule has 0 saturated carbocycles. The average Bonchev–Trinajstić information content (AvgIpc) is 2.82. The number of hydrogen-bond acceptors (Lipinski definition) is 4. The molecular weight excluding hydrogens is 414 g/mol. The number of nitrogens with zero attached hydrogens (tertiary/aromatic N) is 2. The molecule has 0 radical (unpaired) electrons. The van der Waals surface area contributed by atoms with E-state index in [1.54, 1.807) is 25.2 Å². The lowest BCUT2D eigenvalue weighted by atomic mass is 10.0. The van der Waals surface area contributed by atoms with Crippen molar-refractivity contribution in [3.05, 3.63) is 66.2 Å². The highest BCUT2D eigenvalue weighted by Crippen LogP contribution is 2.27. The fraction of sp³-hybridized carbons (Fsp3) is 0.391. The summed E-state index contributed by atoms with van der Waals surface area (Å²) in [5.74, 6) is -0.642. The van der Waals surface area contributed by atoms with Gasteiger partial charge in [-0.15, -0.1) is 0 Å². The van der Waals surface area contributed by atoms with Crippen molar-refractivity contribution in [3.63, 3.8) is 0 Å². The van der Waals surface area contributed by atoms with Crippen molar-refractivity contribution >= 4 is 21.8 Å². The van der Waals surface area contributed by atoms with Crippen molar-refractivity contribution in [1.82, 2.24) is 14.5 Å². The van der Waals surface area contributed by atoms with E-state index in [0.29, 0.717) is 19.3 Å². The van der Waals surface area contributed by atoms with E-state index in [1.165, 1.54) is 28.4 Å². The van der Waals surface area contributed by atoms with Gasteiger partial charge in [-0.25, -0.2) is 8.42 Å². The molecule has 1 heterocycles. The average molecular weight is 444 g/mol. The Morgan fingerprint density at radius 1 is 1.06 bits per heavy atom. The fourth-order valence-electron chi connectivity index (χ4n) is 3.97. The van der Waals surface area contributed by atoms with Crippen LogP contribution in [0.25, 0.3) is 0 Å². The SMILES string of the molecule is CNC(=O)[C@H](Cc1ccccc1)N(C)C(=O)[C@@H]1CCCCN1S(=O)(=O)c1ccccc1. The minimum Gasteiger partial charge on any atom is -0.357 e. The molecule has 2 aromatic carbocycles. The van der Waals surface area contributed by atoms with Crippen LogP contribution >= 0.6 is 0 Å². The molecule has 1 aliphatic rings. The molecule has 0 aromatic heterocycles. The number of piperidine rings is 1. The zero-order valence-electron chi connectivity index (χ0n) is 17.9. The Labute approximate surface area is 184 Å². The molecule has 1 fully saturated rings. The van der Waals surface area contributed by atoms with Gasteiger partial charge in [-0.3, -0.25) is 9.59 Å².